The molecule has 20 heavy (non-hydrogen) atoms. The highest BCUT2D eigenvalue weighted by Gasteiger charge is 2.18. The number of carbonyl (C=O) groups excluding carboxylic acids is 1. The van der Waals surface area contributed by atoms with Crippen LogP contribution in [-0.4, -0.2) is 79.4 Å². The minimum Gasteiger partial charge on any atom is -0.462 e. The first-order valence-corrected chi connectivity index (χ1v) is 5.55. The predicted molar refractivity (Wildman–Crippen MR) is 66.6 cm³/mol. The first-order valence-electron chi connectivity index (χ1n) is 5.55. The molecular formula is C11H22O9. The van der Waals surface area contributed by atoms with Crippen molar-refractivity contribution < 1.29 is 44.2 Å². The van der Waals surface area contributed by atoms with E-state index in [1.807, 2.05) is 0 Å². The SMILES string of the molecule is C=C1OCC(CO)O1.COC(=O)OC.OCC(O)CO. The van der Waals surface area contributed by atoms with Gasteiger partial charge in [0.2, 0.25) is 0 Å². The summed E-state index contributed by atoms with van der Waals surface area (Å²) >= 11 is 0. The van der Waals surface area contributed by atoms with Gasteiger partial charge in [0.05, 0.1) is 34.0 Å². The van der Waals surface area contributed by atoms with Gasteiger partial charge in [-0.1, -0.05) is 0 Å². The minimum atomic E-state index is -0.954. The molecule has 0 aliphatic carbocycles. The van der Waals surface area contributed by atoms with Crippen molar-refractivity contribution in [3.05, 3.63) is 12.5 Å². The molecule has 0 radical (unpaired) electrons. The van der Waals surface area contributed by atoms with Crippen LogP contribution in [0.4, 0.5) is 4.79 Å². The lowest BCUT2D eigenvalue weighted by molar-refractivity contribution is 0.0450. The third-order valence-corrected chi connectivity index (χ3v) is 1.69. The number of hydrogen-bond donors (Lipinski definition) is 4. The molecule has 1 saturated heterocycles. The Balaban J connectivity index is 0. The monoisotopic (exact) mass is 298 g/mol. The third-order valence-electron chi connectivity index (χ3n) is 1.69. The fourth-order valence-electron chi connectivity index (χ4n) is 0.671. The van der Waals surface area contributed by atoms with E-state index in [-0.39, 0.29) is 25.9 Å². The van der Waals surface area contributed by atoms with Crippen LogP contribution in [0.2, 0.25) is 0 Å². The summed E-state index contributed by atoms with van der Waals surface area (Å²) in [5.41, 5.74) is 0. The van der Waals surface area contributed by atoms with Crippen LogP contribution in [0.25, 0.3) is 0 Å². The summed E-state index contributed by atoms with van der Waals surface area (Å²) in [6.45, 7) is 3.09. The molecule has 1 aliphatic heterocycles. The predicted octanol–water partition coefficient (Wildman–Crippen LogP) is -1.40. The molecule has 1 aliphatic rings. The normalized spacial score (nSPS) is 15.9. The van der Waals surface area contributed by atoms with Crippen molar-refractivity contribution in [3.8, 4) is 0 Å². The highest BCUT2D eigenvalue weighted by Crippen LogP contribution is 2.11. The maximum absolute atomic E-state index is 9.74. The van der Waals surface area contributed by atoms with Crippen molar-refractivity contribution in [2.45, 2.75) is 12.2 Å². The maximum Gasteiger partial charge on any atom is 0.507 e. The molecule has 0 bridgehead atoms. The Bertz CT molecular complexity index is 246. The Morgan fingerprint density at radius 3 is 1.95 bits per heavy atom. The summed E-state index contributed by atoms with van der Waals surface area (Å²) in [4.78, 5) is 9.74. The molecule has 0 spiro atoms. The van der Waals surface area contributed by atoms with Gasteiger partial charge >= 0.3 is 6.16 Å². The molecule has 0 aromatic heterocycles. The molecule has 1 atom stereocenters. The van der Waals surface area contributed by atoms with E-state index in [1.165, 1.54) is 14.2 Å². The van der Waals surface area contributed by atoms with E-state index in [1.54, 1.807) is 0 Å². The zero-order valence-electron chi connectivity index (χ0n) is 11.5. The van der Waals surface area contributed by atoms with Crippen molar-refractivity contribution in [2.24, 2.45) is 0 Å². The quantitative estimate of drug-likeness (QED) is 0.464. The molecule has 0 aromatic carbocycles. The van der Waals surface area contributed by atoms with Crippen LogP contribution in [0, 0.1) is 0 Å². The van der Waals surface area contributed by atoms with Gasteiger partial charge in [0.15, 0.2) is 6.10 Å². The lowest BCUT2D eigenvalue weighted by Crippen LogP contribution is -2.15. The number of ether oxygens (including phenoxy) is 4. The summed E-state index contributed by atoms with van der Waals surface area (Å²) in [6.07, 6.45) is -1.80. The highest BCUT2D eigenvalue weighted by molar-refractivity contribution is 5.59. The second-order valence-electron chi connectivity index (χ2n) is 3.28. The Labute approximate surface area is 116 Å². The fourth-order valence-corrected chi connectivity index (χ4v) is 0.671. The molecule has 4 N–H and O–H groups in total. The van der Waals surface area contributed by atoms with Crippen molar-refractivity contribution >= 4 is 6.16 Å². The number of rotatable bonds is 3. The molecular weight excluding hydrogens is 276 g/mol. The molecule has 9 nitrogen and oxygen atoms in total. The van der Waals surface area contributed by atoms with Crippen LogP contribution in [0.3, 0.4) is 0 Å². The van der Waals surface area contributed by atoms with Crippen LogP contribution in [0.1, 0.15) is 0 Å². The van der Waals surface area contributed by atoms with Gasteiger partial charge in [0.25, 0.3) is 5.95 Å². The summed E-state index contributed by atoms with van der Waals surface area (Å²) in [7, 11) is 2.51. The van der Waals surface area contributed by atoms with E-state index >= 15 is 0 Å². The zero-order valence-corrected chi connectivity index (χ0v) is 11.5. The van der Waals surface area contributed by atoms with Gasteiger partial charge in [0.1, 0.15) is 12.7 Å². The number of hydrogen-bond acceptors (Lipinski definition) is 9. The van der Waals surface area contributed by atoms with Crippen LogP contribution in [0.15, 0.2) is 12.5 Å². The topological polar surface area (TPSA) is 135 Å². The van der Waals surface area contributed by atoms with Gasteiger partial charge in [-0.3, -0.25) is 0 Å². The maximum atomic E-state index is 9.74. The van der Waals surface area contributed by atoms with Crippen molar-refractivity contribution in [1.29, 1.82) is 0 Å². The molecule has 120 valence electrons. The van der Waals surface area contributed by atoms with E-state index in [0.717, 1.165) is 0 Å². The number of methoxy groups -OCH3 is 2. The second kappa shape index (κ2) is 13.9. The van der Waals surface area contributed by atoms with Gasteiger partial charge in [-0.25, -0.2) is 4.79 Å². The largest absolute Gasteiger partial charge is 0.507 e. The standard InChI is InChI=1S/C5H8O3.C3H6O3.C3H8O3/c1-4-7-3-5(2-6)8-4;1-5-3(4)6-2;4-1-3(6)2-5/h5-6H,1-3H2;1-2H3;3-6H,1-2H2. The van der Waals surface area contributed by atoms with Crippen LogP contribution in [-0.2, 0) is 18.9 Å². The Hall–Kier alpha value is -1.55. The van der Waals surface area contributed by atoms with E-state index in [9.17, 15) is 4.79 Å². The Kier molecular flexibility index (Phi) is 14.4. The zero-order chi connectivity index (χ0) is 16.0. The lowest BCUT2D eigenvalue weighted by Gasteiger charge is -1.98. The number of aliphatic hydroxyl groups is 4. The van der Waals surface area contributed by atoms with Crippen molar-refractivity contribution in [1.82, 2.24) is 0 Å². The highest BCUT2D eigenvalue weighted by atomic mass is 16.7. The molecule has 1 heterocycles. The minimum absolute atomic E-state index is 0.000972. The fraction of sp³-hybridized carbons (Fsp3) is 0.727. The van der Waals surface area contributed by atoms with Crippen LogP contribution in [0.5, 0.6) is 0 Å². The van der Waals surface area contributed by atoms with Gasteiger partial charge in [-0.2, -0.15) is 0 Å². The van der Waals surface area contributed by atoms with Crippen molar-refractivity contribution in [3.63, 3.8) is 0 Å². The number of carbonyl (C=O) groups is 1. The molecule has 9 heteroatoms. The molecule has 0 aromatic rings. The molecule has 1 unspecified atom stereocenters. The van der Waals surface area contributed by atoms with Crippen molar-refractivity contribution in [2.75, 3.05) is 40.6 Å². The van der Waals surface area contributed by atoms with Gasteiger partial charge in [-0.15, -0.1) is 0 Å². The summed E-state index contributed by atoms with van der Waals surface area (Å²) < 4.78 is 17.7. The molecule has 1 rings (SSSR count). The Morgan fingerprint density at radius 1 is 1.35 bits per heavy atom. The lowest BCUT2D eigenvalue weighted by atomic mass is 10.4. The molecule has 1 fully saturated rings. The summed E-state index contributed by atoms with van der Waals surface area (Å²) in [5, 5.41) is 32.5. The van der Waals surface area contributed by atoms with E-state index in [2.05, 4.69) is 16.1 Å². The van der Waals surface area contributed by atoms with Crippen LogP contribution < -0.4 is 0 Å². The van der Waals surface area contributed by atoms with E-state index < -0.39 is 12.3 Å². The average molecular weight is 298 g/mol. The van der Waals surface area contributed by atoms with Gasteiger partial charge in [-0.05, 0) is 6.58 Å². The Morgan fingerprint density at radius 2 is 1.85 bits per heavy atom. The third kappa shape index (κ3) is 12.9. The first kappa shape index (κ1) is 20.8. The van der Waals surface area contributed by atoms with Crippen LogP contribution >= 0.6 is 0 Å². The van der Waals surface area contributed by atoms with E-state index in [4.69, 9.17) is 29.9 Å². The molecule has 0 amide bonds. The summed E-state index contributed by atoms with van der Waals surface area (Å²) in [5.74, 6) is 0.309. The first-order chi connectivity index (χ1) is 9.44. The second-order valence-corrected chi connectivity index (χ2v) is 3.28. The summed E-state index contributed by atoms with van der Waals surface area (Å²) in [6, 6.07) is 0. The van der Waals surface area contributed by atoms with E-state index in [0.29, 0.717) is 12.6 Å². The van der Waals surface area contributed by atoms with Gasteiger partial charge in [0, 0.05) is 0 Å². The van der Waals surface area contributed by atoms with Gasteiger partial charge < -0.3 is 39.4 Å². The molecule has 0 saturated carbocycles. The smallest absolute Gasteiger partial charge is 0.462 e. The average Bonchev–Trinajstić information content (AvgIpc) is 2.92. The number of aliphatic hydroxyl groups excluding tert-OH is 4.